The summed E-state index contributed by atoms with van der Waals surface area (Å²) >= 11 is 3.35. The molecule has 1 aromatic carbocycles. The molecule has 0 N–H and O–H groups in total. The van der Waals surface area contributed by atoms with Crippen molar-refractivity contribution in [3.63, 3.8) is 0 Å². The van der Waals surface area contributed by atoms with E-state index in [1.54, 1.807) is 6.07 Å². The maximum absolute atomic E-state index is 11.1. The molecule has 0 aromatic heterocycles. The van der Waals surface area contributed by atoms with Crippen LogP contribution in [0.2, 0.25) is 18.1 Å². The molecule has 0 saturated carbocycles. The van der Waals surface area contributed by atoms with Crippen molar-refractivity contribution in [2.45, 2.75) is 45.3 Å². The summed E-state index contributed by atoms with van der Waals surface area (Å²) in [6.07, 6.45) is 0.721. The largest absolute Gasteiger partial charge is 0.492 e. The number of nitro groups is 1. The zero-order chi connectivity index (χ0) is 18.5. The second-order valence-corrected chi connectivity index (χ2v) is 12.7. The Morgan fingerprint density at radius 3 is 2.33 bits per heavy atom. The number of halogens is 1. The van der Waals surface area contributed by atoms with Crippen molar-refractivity contribution < 1.29 is 18.8 Å². The fourth-order valence-electron chi connectivity index (χ4n) is 1.73. The molecule has 0 aliphatic carbocycles. The van der Waals surface area contributed by atoms with E-state index in [4.69, 9.17) is 13.9 Å². The number of rotatable bonds is 8. The second-order valence-electron chi connectivity index (χ2n) is 7.02. The molecule has 0 unspecified atom stereocenters. The van der Waals surface area contributed by atoms with Crippen LogP contribution in [0.25, 0.3) is 0 Å². The smallest absolute Gasteiger partial charge is 0.314 e. The van der Waals surface area contributed by atoms with Gasteiger partial charge in [-0.2, -0.15) is 0 Å². The lowest BCUT2D eigenvalue weighted by atomic mass is 10.2. The first-order valence-electron chi connectivity index (χ1n) is 7.78. The first kappa shape index (κ1) is 20.9. The van der Waals surface area contributed by atoms with Crippen molar-refractivity contribution in [3.05, 3.63) is 26.7 Å². The van der Waals surface area contributed by atoms with Crippen LogP contribution < -0.4 is 9.47 Å². The van der Waals surface area contributed by atoms with Gasteiger partial charge in [0.2, 0.25) is 0 Å². The molecular weight excluding hydrogens is 394 g/mol. The standard InChI is InChI=1S/C16H26BrNO5Si/c1-16(2,3)24(5,6)23-9-7-8-22-14-11-13(18(19)20)15(21-4)10-12(14)17/h10-11H,7-9H2,1-6H3. The van der Waals surface area contributed by atoms with Gasteiger partial charge < -0.3 is 13.9 Å². The van der Waals surface area contributed by atoms with Gasteiger partial charge in [0, 0.05) is 19.1 Å². The Labute approximate surface area is 152 Å². The minimum Gasteiger partial charge on any atom is -0.492 e. The van der Waals surface area contributed by atoms with E-state index in [-0.39, 0.29) is 16.5 Å². The van der Waals surface area contributed by atoms with E-state index in [1.807, 2.05) is 0 Å². The molecule has 0 aliphatic heterocycles. The number of benzene rings is 1. The summed E-state index contributed by atoms with van der Waals surface area (Å²) in [7, 11) is -0.356. The fraction of sp³-hybridized carbons (Fsp3) is 0.625. The Bertz CT molecular complexity index is 587. The summed E-state index contributed by atoms with van der Waals surface area (Å²) in [5.74, 6) is 0.621. The van der Waals surface area contributed by atoms with Gasteiger partial charge in [-0.1, -0.05) is 20.8 Å². The molecule has 0 aliphatic rings. The van der Waals surface area contributed by atoms with Crippen LogP contribution in [0.15, 0.2) is 16.6 Å². The number of nitro benzene ring substituents is 1. The van der Waals surface area contributed by atoms with Gasteiger partial charge in [-0.25, -0.2) is 0 Å². The molecule has 0 amide bonds. The molecule has 0 radical (unpaired) electrons. The van der Waals surface area contributed by atoms with E-state index in [9.17, 15) is 10.1 Å². The van der Waals surface area contributed by atoms with E-state index in [1.165, 1.54) is 13.2 Å². The Morgan fingerprint density at radius 2 is 1.83 bits per heavy atom. The van der Waals surface area contributed by atoms with Gasteiger partial charge in [-0.15, -0.1) is 0 Å². The van der Waals surface area contributed by atoms with Gasteiger partial charge in [0.05, 0.1) is 29.2 Å². The number of nitrogens with zero attached hydrogens (tertiary/aromatic N) is 1. The Balaban J connectivity index is 2.60. The molecule has 0 spiro atoms. The monoisotopic (exact) mass is 419 g/mol. The third-order valence-corrected chi connectivity index (χ3v) is 9.40. The van der Waals surface area contributed by atoms with Gasteiger partial charge in [-0.05, 0) is 34.1 Å². The Hall–Kier alpha value is -1.12. The molecule has 0 heterocycles. The highest BCUT2D eigenvalue weighted by atomic mass is 79.9. The summed E-state index contributed by atoms with van der Waals surface area (Å²) in [5.41, 5.74) is -0.117. The summed E-state index contributed by atoms with van der Waals surface area (Å²) in [4.78, 5) is 10.6. The van der Waals surface area contributed by atoms with Crippen molar-refractivity contribution >= 4 is 29.9 Å². The average molecular weight is 420 g/mol. The fourth-order valence-corrected chi connectivity index (χ4v) is 3.25. The van der Waals surface area contributed by atoms with Gasteiger partial charge in [0.15, 0.2) is 14.1 Å². The van der Waals surface area contributed by atoms with E-state index in [0.717, 1.165) is 6.42 Å². The third-order valence-electron chi connectivity index (χ3n) is 4.25. The van der Waals surface area contributed by atoms with Crippen LogP contribution in [0.3, 0.4) is 0 Å². The van der Waals surface area contributed by atoms with E-state index >= 15 is 0 Å². The van der Waals surface area contributed by atoms with Crippen molar-refractivity contribution in [1.82, 2.24) is 0 Å². The van der Waals surface area contributed by atoms with Crippen LogP contribution >= 0.6 is 15.9 Å². The van der Waals surface area contributed by atoms with Crippen LogP contribution in [0.5, 0.6) is 11.5 Å². The third kappa shape index (κ3) is 5.46. The summed E-state index contributed by atoms with van der Waals surface area (Å²) < 4.78 is 17.4. The zero-order valence-electron chi connectivity index (χ0n) is 15.1. The van der Waals surface area contributed by atoms with Crippen LogP contribution in [0.4, 0.5) is 5.69 Å². The molecule has 24 heavy (non-hydrogen) atoms. The molecule has 0 saturated heterocycles. The van der Waals surface area contributed by atoms with Gasteiger partial charge >= 0.3 is 5.69 Å². The Kier molecular flexibility index (Phi) is 7.24. The van der Waals surface area contributed by atoms with Crippen molar-refractivity contribution in [2.24, 2.45) is 0 Å². The molecule has 0 fully saturated rings. The number of methoxy groups -OCH3 is 1. The molecule has 1 rings (SSSR count). The number of hydrogen-bond acceptors (Lipinski definition) is 5. The van der Waals surface area contributed by atoms with Crippen LogP contribution in [0.1, 0.15) is 27.2 Å². The molecule has 6 nitrogen and oxygen atoms in total. The van der Waals surface area contributed by atoms with E-state index in [2.05, 4.69) is 49.8 Å². The lowest BCUT2D eigenvalue weighted by Crippen LogP contribution is -2.41. The van der Waals surface area contributed by atoms with E-state index < -0.39 is 13.2 Å². The zero-order valence-corrected chi connectivity index (χ0v) is 17.7. The topological polar surface area (TPSA) is 70.8 Å². The predicted molar refractivity (Wildman–Crippen MR) is 101 cm³/mol. The van der Waals surface area contributed by atoms with Crippen molar-refractivity contribution in [1.29, 1.82) is 0 Å². The molecule has 0 bridgehead atoms. The second kappa shape index (κ2) is 8.31. The highest BCUT2D eigenvalue weighted by molar-refractivity contribution is 9.10. The maximum atomic E-state index is 11.1. The summed E-state index contributed by atoms with van der Waals surface area (Å²) in [6, 6.07) is 2.91. The highest BCUT2D eigenvalue weighted by Gasteiger charge is 2.36. The quantitative estimate of drug-likeness (QED) is 0.252. The van der Waals surface area contributed by atoms with Crippen LogP contribution in [-0.4, -0.2) is 33.6 Å². The van der Waals surface area contributed by atoms with Crippen LogP contribution in [0, 0.1) is 10.1 Å². The number of ether oxygens (including phenoxy) is 2. The summed E-state index contributed by atoms with van der Waals surface area (Å²) in [6.45, 7) is 12.0. The minimum absolute atomic E-state index is 0.117. The molecule has 8 heteroatoms. The normalized spacial score (nSPS) is 12.1. The number of hydrogen-bond donors (Lipinski definition) is 0. The molecule has 136 valence electrons. The van der Waals surface area contributed by atoms with Gasteiger partial charge in [0.1, 0.15) is 5.75 Å². The minimum atomic E-state index is -1.75. The highest BCUT2D eigenvalue weighted by Crippen LogP contribution is 2.38. The summed E-state index contributed by atoms with van der Waals surface area (Å²) in [5, 5.41) is 11.2. The first-order chi connectivity index (χ1) is 11.0. The molecular formula is C16H26BrNO5Si. The first-order valence-corrected chi connectivity index (χ1v) is 11.5. The van der Waals surface area contributed by atoms with Gasteiger partial charge in [0.25, 0.3) is 0 Å². The van der Waals surface area contributed by atoms with Crippen molar-refractivity contribution in [2.75, 3.05) is 20.3 Å². The van der Waals surface area contributed by atoms with Gasteiger partial charge in [-0.3, -0.25) is 10.1 Å². The predicted octanol–water partition coefficient (Wildman–Crippen LogP) is 5.16. The SMILES string of the molecule is COc1cc(Br)c(OCCCO[Si](C)(C)C(C)(C)C)cc1[N+](=O)[O-]. The lowest BCUT2D eigenvalue weighted by molar-refractivity contribution is -0.385. The molecule has 1 aromatic rings. The maximum Gasteiger partial charge on any atom is 0.314 e. The van der Waals surface area contributed by atoms with E-state index in [0.29, 0.717) is 23.4 Å². The van der Waals surface area contributed by atoms with Crippen molar-refractivity contribution in [3.8, 4) is 11.5 Å². The molecule has 0 atom stereocenters. The average Bonchev–Trinajstić information content (AvgIpc) is 2.46. The Morgan fingerprint density at radius 1 is 1.21 bits per heavy atom. The lowest BCUT2D eigenvalue weighted by Gasteiger charge is -2.36. The van der Waals surface area contributed by atoms with Crippen LogP contribution in [-0.2, 0) is 4.43 Å².